The second kappa shape index (κ2) is 2.51. The molecule has 0 aliphatic heterocycles. The quantitative estimate of drug-likeness (QED) is 0.558. The minimum absolute atomic E-state index is 0.251. The zero-order chi connectivity index (χ0) is 9.42. The fourth-order valence-electron chi connectivity index (χ4n) is 1.09. The zero-order valence-corrected chi connectivity index (χ0v) is 6.79. The Kier molecular flexibility index (Phi) is 1.48. The second-order valence-electron chi connectivity index (χ2n) is 2.61. The van der Waals surface area contributed by atoms with Crippen molar-refractivity contribution in [3.63, 3.8) is 0 Å². The van der Waals surface area contributed by atoms with E-state index in [1.165, 1.54) is 0 Å². The summed E-state index contributed by atoms with van der Waals surface area (Å²) in [6, 6.07) is 0. The second-order valence-corrected chi connectivity index (χ2v) is 2.61. The van der Waals surface area contributed by atoms with E-state index in [9.17, 15) is 9.59 Å². The molecule has 0 amide bonds. The van der Waals surface area contributed by atoms with Gasteiger partial charge in [-0.15, -0.1) is 0 Å². The van der Waals surface area contributed by atoms with Crippen molar-refractivity contribution in [3.05, 3.63) is 32.7 Å². The van der Waals surface area contributed by atoms with Crippen molar-refractivity contribution in [1.29, 1.82) is 0 Å². The first-order chi connectivity index (χ1) is 6.16. The lowest BCUT2D eigenvalue weighted by atomic mass is 10.4. The molecule has 0 fully saturated rings. The third-order valence-electron chi connectivity index (χ3n) is 1.65. The van der Waals surface area contributed by atoms with Crippen LogP contribution in [-0.2, 0) is 0 Å². The SMILES string of the molecule is Cc1[nH]c(=O)nc2ncc(=O)[nH]c12. The third kappa shape index (κ3) is 1.22. The molecule has 0 aromatic carbocycles. The van der Waals surface area contributed by atoms with E-state index in [0.717, 1.165) is 6.20 Å². The summed E-state index contributed by atoms with van der Waals surface area (Å²) < 4.78 is 0. The first-order valence-corrected chi connectivity index (χ1v) is 3.63. The molecule has 0 saturated carbocycles. The van der Waals surface area contributed by atoms with Crippen LogP contribution >= 0.6 is 0 Å². The highest BCUT2D eigenvalue weighted by Crippen LogP contribution is 2.02. The molecule has 0 bridgehead atoms. The van der Waals surface area contributed by atoms with Gasteiger partial charge in [0, 0.05) is 5.69 Å². The summed E-state index contributed by atoms with van der Waals surface area (Å²) in [6.07, 6.45) is 1.09. The van der Waals surface area contributed by atoms with Gasteiger partial charge in [-0.3, -0.25) is 4.79 Å². The maximum absolute atomic E-state index is 10.9. The van der Waals surface area contributed by atoms with E-state index in [4.69, 9.17) is 0 Å². The normalized spacial score (nSPS) is 10.5. The minimum Gasteiger partial charge on any atom is -0.317 e. The van der Waals surface area contributed by atoms with Crippen molar-refractivity contribution < 1.29 is 0 Å². The monoisotopic (exact) mass is 178 g/mol. The number of rotatable bonds is 0. The first kappa shape index (κ1) is 7.66. The Bertz CT molecular complexity index is 568. The van der Waals surface area contributed by atoms with Crippen LogP contribution in [0.25, 0.3) is 11.2 Å². The summed E-state index contributed by atoms with van der Waals surface area (Å²) in [7, 11) is 0. The van der Waals surface area contributed by atoms with Crippen molar-refractivity contribution in [3.8, 4) is 0 Å². The standard InChI is InChI=1S/C7H6N4O2/c1-3-5-6(11-7(13)9-3)8-2-4(12)10-5/h2H,1H3,(H,10,12)(H,8,9,11,13). The van der Waals surface area contributed by atoms with Crippen LogP contribution in [0.15, 0.2) is 15.8 Å². The van der Waals surface area contributed by atoms with E-state index >= 15 is 0 Å². The molecule has 2 heterocycles. The molecule has 2 aromatic heterocycles. The van der Waals surface area contributed by atoms with Crippen LogP contribution in [-0.4, -0.2) is 19.9 Å². The Morgan fingerprint density at radius 2 is 2.08 bits per heavy atom. The first-order valence-electron chi connectivity index (χ1n) is 3.63. The predicted octanol–water partition coefficient (Wildman–Crippen LogP) is -0.685. The number of nitrogens with one attached hydrogen (secondary N) is 2. The van der Waals surface area contributed by atoms with E-state index < -0.39 is 5.69 Å². The maximum atomic E-state index is 10.9. The van der Waals surface area contributed by atoms with Crippen LogP contribution in [0.1, 0.15) is 5.69 Å². The summed E-state index contributed by atoms with van der Waals surface area (Å²) in [5.74, 6) is 0. The summed E-state index contributed by atoms with van der Waals surface area (Å²) in [5, 5.41) is 0. The van der Waals surface area contributed by atoms with Gasteiger partial charge in [-0.05, 0) is 6.92 Å². The van der Waals surface area contributed by atoms with E-state index in [1.807, 2.05) is 0 Å². The van der Waals surface area contributed by atoms with E-state index in [-0.39, 0.29) is 11.2 Å². The third-order valence-corrected chi connectivity index (χ3v) is 1.65. The molecule has 2 aromatic rings. The Balaban J connectivity index is 3.03. The lowest BCUT2D eigenvalue weighted by Gasteiger charge is -1.97. The average Bonchev–Trinajstić information content (AvgIpc) is 2.06. The van der Waals surface area contributed by atoms with Gasteiger partial charge in [0.05, 0.1) is 6.20 Å². The van der Waals surface area contributed by atoms with Gasteiger partial charge < -0.3 is 9.97 Å². The number of hydrogen-bond donors (Lipinski definition) is 2. The molecule has 2 N–H and O–H groups in total. The average molecular weight is 178 g/mol. The number of fused-ring (bicyclic) bond motifs is 1. The molecule has 0 saturated heterocycles. The number of aromatic nitrogens is 4. The van der Waals surface area contributed by atoms with E-state index in [1.54, 1.807) is 6.92 Å². The van der Waals surface area contributed by atoms with Gasteiger partial charge in [-0.1, -0.05) is 0 Å². The van der Waals surface area contributed by atoms with Crippen LogP contribution in [0.2, 0.25) is 0 Å². The van der Waals surface area contributed by atoms with Gasteiger partial charge in [-0.2, -0.15) is 4.98 Å². The van der Waals surface area contributed by atoms with Gasteiger partial charge >= 0.3 is 5.69 Å². The molecule has 6 nitrogen and oxygen atoms in total. The topological polar surface area (TPSA) is 91.5 Å². The molecule has 0 aliphatic rings. The summed E-state index contributed by atoms with van der Waals surface area (Å²) in [5.41, 5.74) is 0.488. The van der Waals surface area contributed by atoms with Crippen molar-refractivity contribution in [2.75, 3.05) is 0 Å². The van der Waals surface area contributed by atoms with Crippen LogP contribution in [0.5, 0.6) is 0 Å². The van der Waals surface area contributed by atoms with Crippen molar-refractivity contribution in [2.45, 2.75) is 6.92 Å². The fraction of sp³-hybridized carbons (Fsp3) is 0.143. The van der Waals surface area contributed by atoms with Gasteiger partial charge in [0.15, 0.2) is 5.65 Å². The highest BCUT2D eigenvalue weighted by Gasteiger charge is 2.01. The highest BCUT2D eigenvalue weighted by atomic mass is 16.1. The number of aromatic amines is 2. The maximum Gasteiger partial charge on any atom is 0.347 e. The zero-order valence-electron chi connectivity index (χ0n) is 6.79. The molecule has 2 rings (SSSR count). The summed E-state index contributed by atoms with van der Waals surface area (Å²) >= 11 is 0. The molecule has 66 valence electrons. The highest BCUT2D eigenvalue weighted by molar-refractivity contribution is 5.70. The van der Waals surface area contributed by atoms with Crippen LogP contribution in [0.4, 0.5) is 0 Å². The fourth-order valence-corrected chi connectivity index (χ4v) is 1.09. The van der Waals surface area contributed by atoms with Crippen molar-refractivity contribution in [2.24, 2.45) is 0 Å². The lowest BCUT2D eigenvalue weighted by molar-refractivity contribution is 1.02. The van der Waals surface area contributed by atoms with Gasteiger partial charge in [0.1, 0.15) is 5.52 Å². The number of nitrogens with zero attached hydrogens (tertiary/aromatic N) is 2. The molecule has 0 spiro atoms. The molecule has 0 aliphatic carbocycles. The van der Waals surface area contributed by atoms with Crippen molar-refractivity contribution in [1.82, 2.24) is 19.9 Å². The number of aryl methyl sites for hydroxylation is 1. The van der Waals surface area contributed by atoms with E-state index in [0.29, 0.717) is 11.2 Å². The largest absolute Gasteiger partial charge is 0.347 e. The molecular weight excluding hydrogens is 172 g/mol. The van der Waals surface area contributed by atoms with Gasteiger partial charge in [0.2, 0.25) is 0 Å². The molecule has 13 heavy (non-hydrogen) atoms. The molecule has 0 unspecified atom stereocenters. The van der Waals surface area contributed by atoms with Gasteiger partial charge in [0.25, 0.3) is 5.56 Å². The lowest BCUT2D eigenvalue weighted by Crippen LogP contribution is -2.16. The van der Waals surface area contributed by atoms with Crippen LogP contribution in [0, 0.1) is 6.92 Å². The minimum atomic E-state index is -0.468. The Morgan fingerprint density at radius 3 is 2.85 bits per heavy atom. The Hall–Kier alpha value is -1.98. The Morgan fingerprint density at radius 1 is 1.31 bits per heavy atom. The number of hydrogen-bond acceptors (Lipinski definition) is 4. The van der Waals surface area contributed by atoms with Crippen LogP contribution in [0.3, 0.4) is 0 Å². The Labute approximate surface area is 71.7 Å². The molecule has 6 heteroatoms. The van der Waals surface area contributed by atoms with Gasteiger partial charge in [-0.25, -0.2) is 9.78 Å². The molecule has 0 atom stereocenters. The smallest absolute Gasteiger partial charge is 0.317 e. The summed E-state index contributed by atoms with van der Waals surface area (Å²) in [6.45, 7) is 1.67. The van der Waals surface area contributed by atoms with Crippen LogP contribution < -0.4 is 11.2 Å². The number of H-pyrrole nitrogens is 2. The molecule has 0 radical (unpaired) electrons. The molecular formula is C7H6N4O2. The van der Waals surface area contributed by atoms with E-state index in [2.05, 4.69) is 19.9 Å². The van der Waals surface area contributed by atoms with Crippen molar-refractivity contribution >= 4 is 11.2 Å². The predicted molar refractivity (Wildman–Crippen MR) is 45.5 cm³/mol. The summed E-state index contributed by atoms with van der Waals surface area (Å²) in [4.78, 5) is 34.1.